The molecule has 0 radical (unpaired) electrons. The number of carbonyl (C=O) groups excluding carboxylic acids is 1. The quantitative estimate of drug-likeness (QED) is 0.353. The highest BCUT2D eigenvalue weighted by Gasteiger charge is 2.06. The minimum atomic E-state index is -0.0705. The summed E-state index contributed by atoms with van der Waals surface area (Å²) < 4.78 is 4.62. The first kappa shape index (κ1) is 18.5. The van der Waals surface area contributed by atoms with Crippen molar-refractivity contribution in [2.45, 2.75) is 85.0 Å². The van der Waals surface area contributed by atoms with Crippen molar-refractivity contribution in [2.75, 3.05) is 7.11 Å². The molecule has 0 amide bonds. The maximum absolute atomic E-state index is 10.9. The van der Waals surface area contributed by atoms with Crippen molar-refractivity contribution in [1.29, 1.82) is 0 Å². The molecule has 0 aliphatic heterocycles. The van der Waals surface area contributed by atoms with E-state index in [1.165, 1.54) is 52.1 Å². The normalized spacial score (nSPS) is 14.1. The number of esters is 1. The average Bonchev–Trinajstić information content (AvgIpc) is 2.41. The second-order valence-electron chi connectivity index (χ2n) is 6.09. The highest BCUT2D eigenvalue weighted by Crippen LogP contribution is 2.20. The van der Waals surface area contributed by atoms with Crippen LogP contribution in [0.15, 0.2) is 0 Å². The largest absolute Gasteiger partial charge is 0.469 e. The Bertz CT molecular complexity index is 213. The summed E-state index contributed by atoms with van der Waals surface area (Å²) in [5.74, 6) is 1.70. The van der Waals surface area contributed by atoms with Gasteiger partial charge in [0.05, 0.1) is 7.11 Å². The van der Waals surface area contributed by atoms with E-state index >= 15 is 0 Å². The molecule has 0 aromatic carbocycles. The molecular formula is C17H34O2. The first-order valence-electron chi connectivity index (χ1n) is 8.16. The van der Waals surface area contributed by atoms with Gasteiger partial charge in [-0.15, -0.1) is 0 Å². The van der Waals surface area contributed by atoms with Gasteiger partial charge in [0.25, 0.3) is 0 Å². The predicted molar refractivity (Wildman–Crippen MR) is 82.2 cm³/mol. The average molecular weight is 270 g/mol. The van der Waals surface area contributed by atoms with Crippen molar-refractivity contribution in [2.24, 2.45) is 11.8 Å². The van der Waals surface area contributed by atoms with Crippen molar-refractivity contribution in [1.82, 2.24) is 0 Å². The van der Waals surface area contributed by atoms with Crippen LogP contribution >= 0.6 is 0 Å². The molecule has 0 saturated heterocycles. The van der Waals surface area contributed by atoms with Crippen LogP contribution in [-0.4, -0.2) is 13.1 Å². The predicted octanol–water partition coefficient (Wildman–Crippen LogP) is 5.35. The third-order valence-electron chi connectivity index (χ3n) is 4.06. The summed E-state index contributed by atoms with van der Waals surface area (Å²) in [6.07, 6.45) is 12.1. The van der Waals surface area contributed by atoms with E-state index in [1.807, 2.05) is 0 Å². The van der Waals surface area contributed by atoms with Gasteiger partial charge in [-0.3, -0.25) is 4.79 Å². The summed E-state index contributed by atoms with van der Waals surface area (Å²) in [5, 5.41) is 0. The molecule has 0 aromatic rings. The Balaban J connectivity index is 3.24. The fourth-order valence-corrected chi connectivity index (χ4v) is 2.54. The summed E-state index contributed by atoms with van der Waals surface area (Å²) in [5.41, 5.74) is 0. The van der Waals surface area contributed by atoms with E-state index in [2.05, 4.69) is 25.5 Å². The zero-order valence-electron chi connectivity index (χ0n) is 13.5. The SMILES string of the molecule is CC[C@H](C)C[C@H](C)CCCCCCCCC(=O)OC. The third-order valence-corrected chi connectivity index (χ3v) is 4.06. The molecule has 0 spiro atoms. The van der Waals surface area contributed by atoms with E-state index in [0.29, 0.717) is 6.42 Å². The zero-order chi connectivity index (χ0) is 14.5. The maximum atomic E-state index is 10.9. The summed E-state index contributed by atoms with van der Waals surface area (Å²) in [6, 6.07) is 0. The monoisotopic (exact) mass is 270 g/mol. The zero-order valence-corrected chi connectivity index (χ0v) is 13.5. The van der Waals surface area contributed by atoms with Gasteiger partial charge < -0.3 is 4.74 Å². The fourth-order valence-electron chi connectivity index (χ4n) is 2.54. The molecule has 2 nitrogen and oxygen atoms in total. The van der Waals surface area contributed by atoms with Gasteiger partial charge in [0.1, 0.15) is 0 Å². The smallest absolute Gasteiger partial charge is 0.305 e. The molecule has 2 heteroatoms. The van der Waals surface area contributed by atoms with E-state index in [1.54, 1.807) is 0 Å². The first-order chi connectivity index (χ1) is 9.10. The molecule has 0 aliphatic rings. The molecular weight excluding hydrogens is 236 g/mol. The molecule has 0 N–H and O–H groups in total. The van der Waals surface area contributed by atoms with E-state index in [-0.39, 0.29) is 5.97 Å². The lowest BCUT2D eigenvalue weighted by molar-refractivity contribution is -0.140. The highest BCUT2D eigenvalue weighted by atomic mass is 16.5. The van der Waals surface area contributed by atoms with Gasteiger partial charge in [-0.05, 0) is 24.7 Å². The van der Waals surface area contributed by atoms with Crippen LogP contribution in [0.25, 0.3) is 0 Å². The van der Waals surface area contributed by atoms with Crippen LogP contribution < -0.4 is 0 Å². The number of hydrogen-bond donors (Lipinski definition) is 0. The summed E-state index contributed by atoms with van der Waals surface area (Å²) in [6.45, 7) is 7.03. The Morgan fingerprint density at radius 1 is 0.947 bits per heavy atom. The molecule has 114 valence electrons. The Labute approximate surface area is 120 Å². The lowest BCUT2D eigenvalue weighted by Gasteiger charge is -2.15. The van der Waals surface area contributed by atoms with Gasteiger partial charge in [-0.2, -0.15) is 0 Å². The van der Waals surface area contributed by atoms with Crippen LogP contribution in [-0.2, 0) is 9.53 Å². The minimum absolute atomic E-state index is 0.0705. The van der Waals surface area contributed by atoms with E-state index in [4.69, 9.17) is 0 Å². The number of unbranched alkanes of at least 4 members (excludes halogenated alkanes) is 5. The van der Waals surface area contributed by atoms with Crippen molar-refractivity contribution >= 4 is 5.97 Å². The third kappa shape index (κ3) is 12.3. The topological polar surface area (TPSA) is 26.3 Å². The van der Waals surface area contributed by atoms with Gasteiger partial charge in [-0.1, -0.05) is 65.7 Å². The molecule has 0 unspecified atom stereocenters. The second kappa shape index (κ2) is 12.5. The molecule has 0 saturated carbocycles. The van der Waals surface area contributed by atoms with Crippen LogP contribution in [0.2, 0.25) is 0 Å². The van der Waals surface area contributed by atoms with E-state index in [9.17, 15) is 4.79 Å². The van der Waals surface area contributed by atoms with Gasteiger partial charge in [0, 0.05) is 6.42 Å². The molecule has 0 aliphatic carbocycles. The molecule has 19 heavy (non-hydrogen) atoms. The van der Waals surface area contributed by atoms with E-state index in [0.717, 1.165) is 24.7 Å². The Kier molecular flexibility index (Phi) is 12.2. The molecule has 0 aromatic heterocycles. The number of methoxy groups -OCH3 is 1. The number of carbonyl (C=O) groups is 1. The summed E-state index contributed by atoms with van der Waals surface area (Å²) in [4.78, 5) is 10.9. The maximum Gasteiger partial charge on any atom is 0.305 e. The van der Waals surface area contributed by atoms with Gasteiger partial charge in [0.15, 0.2) is 0 Å². The van der Waals surface area contributed by atoms with Gasteiger partial charge in [0.2, 0.25) is 0 Å². The highest BCUT2D eigenvalue weighted by molar-refractivity contribution is 5.68. The first-order valence-corrected chi connectivity index (χ1v) is 8.16. The van der Waals surface area contributed by atoms with Crippen LogP contribution in [0.3, 0.4) is 0 Å². The molecule has 0 bridgehead atoms. The van der Waals surface area contributed by atoms with Crippen molar-refractivity contribution in [3.8, 4) is 0 Å². The number of hydrogen-bond acceptors (Lipinski definition) is 2. The van der Waals surface area contributed by atoms with Crippen LogP contribution in [0.4, 0.5) is 0 Å². The van der Waals surface area contributed by atoms with Crippen LogP contribution in [0.1, 0.15) is 85.0 Å². The molecule has 0 rings (SSSR count). The summed E-state index contributed by atoms with van der Waals surface area (Å²) in [7, 11) is 1.46. The number of rotatable bonds is 12. The van der Waals surface area contributed by atoms with Crippen LogP contribution in [0, 0.1) is 11.8 Å². The second-order valence-corrected chi connectivity index (χ2v) is 6.09. The molecule has 0 fully saturated rings. The van der Waals surface area contributed by atoms with Crippen molar-refractivity contribution in [3.05, 3.63) is 0 Å². The molecule has 0 heterocycles. The van der Waals surface area contributed by atoms with Crippen molar-refractivity contribution in [3.63, 3.8) is 0 Å². The molecule has 2 atom stereocenters. The Morgan fingerprint density at radius 2 is 1.53 bits per heavy atom. The minimum Gasteiger partial charge on any atom is -0.469 e. The standard InChI is InChI=1S/C17H34O2/c1-5-15(2)14-16(3)12-10-8-6-7-9-11-13-17(18)19-4/h15-16H,5-14H2,1-4H3/t15-,16+/m0/s1. The van der Waals surface area contributed by atoms with Crippen molar-refractivity contribution < 1.29 is 9.53 Å². The lowest BCUT2D eigenvalue weighted by Crippen LogP contribution is -2.02. The van der Waals surface area contributed by atoms with Gasteiger partial charge in [-0.25, -0.2) is 0 Å². The van der Waals surface area contributed by atoms with E-state index < -0.39 is 0 Å². The Hall–Kier alpha value is -0.530. The number of ether oxygens (including phenoxy) is 1. The summed E-state index contributed by atoms with van der Waals surface area (Å²) >= 11 is 0. The Morgan fingerprint density at radius 3 is 2.11 bits per heavy atom. The van der Waals surface area contributed by atoms with Gasteiger partial charge >= 0.3 is 5.97 Å². The fraction of sp³-hybridized carbons (Fsp3) is 0.941. The lowest BCUT2D eigenvalue weighted by atomic mass is 9.91. The van der Waals surface area contributed by atoms with Crippen LogP contribution in [0.5, 0.6) is 0 Å².